The Kier molecular flexibility index (Phi) is 4.13. The van der Waals surface area contributed by atoms with Crippen molar-refractivity contribution < 1.29 is 14.8 Å². The van der Waals surface area contributed by atoms with E-state index in [2.05, 4.69) is 4.98 Å². The molecular weight excluding hydrogens is 274 g/mol. The minimum atomic E-state index is -1.32. The molecule has 1 heterocycles. The van der Waals surface area contributed by atoms with Crippen LogP contribution in [0.15, 0.2) is 42.6 Å². The molecule has 21 heavy (non-hydrogen) atoms. The van der Waals surface area contributed by atoms with Crippen LogP contribution in [0.1, 0.15) is 16.1 Å². The number of nitro benzene ring substituents is 1. The van der Waals surface area contributed by atoms with Crippen molar-refractivity contribution in [2.24, 2.45) is 0 Å². The lowest BCUT2D eigenvalue weighted by molar-refractivity contribution is -0.385. The van der Waals surface area contributed by atoms with Crippen molar-refractivity contribution >= 4 is 17.3 Å². The number of carbonyl (C=O) groups is 1. The van der Waals surface area contributed by atoms with E-state index in [4.69, 9.17) is 5.11 Å². The molecule has 1 aromatic carbocycles. The first-order valence-corrected chi connectivity index (χ1v) is 6.12. The van der Waals surface area contributed by atoms with Crippen molar-refractivity contribution in [1.29, 1.82) is 0 Å². The molecule has 0 atom stereocenters. The Morgan fingerprint density at radius 1 is 1.38 bits per heavy atom. The zero-order valence-electron chi connectivity index (χ0n) is 11.3. The Hall–Kier alpha value is -2.96. The molecule has 0 aliphatic carbocycles. The first-order valence-electron chi connectivity index (χ1n) is 6.12. The number of nitro groups is 1. The minimum Gasteiger partial charge on any atom is -0.477 e. The molecule has 2 rings (SSSR count). The van der Waals surface area contributed by atoms with Gasteiger partial charge in [0.25, 0.3) is 5.69 Å². The third-order valence-corrected chi connectivity index (χ3v) is 2.97. The predicted molar refractivity (Wildman–Crippen MR) is 76.4 cm³/mol. The summed E-state index contributed by atoms with van der Waals surface area (Å²) in [5.41, 5.74) is 0.640. The van der Waals surface area contributed by atoms with E-state index in [0.717, 1.165) is 5.69 Å². The second kappa shape index (κ2) is 6.00. The minimum absolute atomic E-state index is 0.328. The van der Waals surface area contributed by atoms with Gasteiger partial charge < -0.3 is 10.0 Å². The van der Waals surface area contributed by atoms with Gasteiger partial charge in [-0.1, -0.05) is 6.07 Å². The summed E-state index contributed by atoms with van der Waals surface area (Å²) >= 11 is 0. The fourth-order valence-electron chi connectivity index (χ4n) is 1.92. The quantitative estimate of drug-likeness (QED) is 0.669. The second-order valence-electron chi connectivity index (χ2n) is 4.44. The van der Waals surface area contributed by atoms with Crippen molar-refractivity contribution in [2.45, 2.75) is 6.54 Å². The van der Waals surface area contributed by atoms with Crippen LogP contribution in [0.5, 0.6) is 0 Å². The van der Waals surface area contributed by atoms with Crippen LogP contribution >= 0.6 is 0 Å². The number of nitrogens with zero attached hydrogens (tertiary/aromatic N) is 3. The number of anilines is 1. The molecule has 0 spiro atoms. The smallest absolute Gasteiger partial charge is 0.342 e. The summed E-state index contributed by atoms with van der Waals surface area (Å²) < 4.78 is 0. The van der Waals surface area contributed by atoms with Crippen LogP contribution in [0, 0.1) is 10.1 Å². The Labute approximate surface area is 120 Å². The van der Waals surface area contributed by atoms with Gasteiger partial charge in [-0.25, -0.2) is 4.79 Å². The molecule has 0 saturated carbocycles. The van der Waals surface area contributed by atoms with Crippen molar-refractivity contribution in [3.63, 3.8) is 0 Å². The van der Waals surface area contributed by atoms with Crippen LogP contribution in [-0.4, -0.2) is 28.0 Å². The fraction of sp³-hybridized carbons (Fsp3) is 0.143. The van der Waals surface area contributed by atoms with Gasteiger partial charge in [-0.3, -0.25) is 15.1 Å². The highest BCUT2D eigenvalue weighted by atomic mass is 16.6. The molecule has 7 nitrogen and oxygen atoms in total. The highest BCUT2D eigenvalue weighted by molar-refractivity contribution is 5.93. The van der Waals surface area contributed by atoms with Gasteiger partial charge in [-0.15, -0.1) is 0 Å². The fourth-order valence-corrected chi connectivity index (χ4v) is 1.92. The highest BCUT2D eigenvalue weighted by Crippen LogP contribution is 2.25. The number of hydrogen-bond acceptors (Lipinski definition) is 5. The van der Waals surface area contributed by atoms with Crippen LogP contribution < -0.4 is 4.90 Å². The lowest BCUT2D eigenvalue weighted by Gasteiger charge is -2.19. The largest absolute Gasteiger partial charge is 0.477 e. The molecule has 0 bridgehead atoms. The maximum atomic E-state index is 11.1. The van der Waals surface area contributed by atoms with Gasteiger partial charge in [0.05, 0.1) is 17.2 Å². The van der Waals surface area contributed by atoms with Crippen LogP contribution in [0.2, 0.25) is 0 Å². The molecule has 0 radical (unpaired) electrons. The Bertz CT molecular complexity index is 673. The lowest BCUT2D eigenvalue weighted by Crippen LogP contribution is -2.18. The Morgan fingerprint density at radius 3 is 2.71 bits per heavy atom. The molecule has 0 saturated heterocycles. The standard InChI is InChI=1S/C14H13N3O4/c1-16(9-10-4-2-3-7-15-10)11-5-6-13(17(20)21)12(8-11)14(18)19/h2-8H,9H2,1H3,(H,18,19). The van der Waals surface area contributed by atoms with E-state index >= 15 is 0 Å². The molecule has 0 unspecified atom stereocenters. The van der Waals surface area contributed by atoms with E-state index in [9.17, 15) is 14.9 Å². The maximum absolute atomic E-state index is 11.1. The summed E-state index contributed by atoms with van der Waals surface area (Å²) in [7, 11) is 1.77. The summed E-state index contributed by atoms with van der Waals surface area (Å²) in [5, 5.41) is 19.9. The van der Waals surface area contributed by atoms with Crippen LogP contribution in [0.25, 0.3) is 0 Å². The average molecular weight is 287 g/mol. The van der Waals surface area contributed by atoms with E-state index in [1.165, 1.54) is 18.2 Å². The molecule has 0 aliphatic heterocycles. The molecule has 108 valence electrons. The zero-order valence-corrected chi connectivity index (χ0v) is 11.3. The van der Waals surface area contributed by atoms with E-state index in [-0.39, 0.29) is 5.56 Å². The maximum Gasteiger partial charge on any atom is 0.342 e. The number of benzene rings is 1. The number of aromatic nitrogens is 1. The second-order valence-corrected chi connectivity index (χ2v) is 4.44. The number of hydrogen-bond donors (Lipinski definition) is 1. The third-order valence-electron chi connectivity index (χ3n) is 2.97. The normalized spacial score (nSPS) is 10.1. The van der Waals surface area contributed by atoms with Crippen LogP contribution in [0.3, 0.4) is 0 Å². The molecule has 0 aliphatic rings. The van der Waals surface area contributed by atoms with E-state index in [1.807, 2.05) is 12.1 Å². The number of carboxylic acids is 1. The van der Waals surface area contributed by atoms with E-state index < -0.39 is 16.6 Å². The molecule has 7 heteroatoms. The van der Waals surface area contributed by atoms with Gasteiger partial charge in [-0.2, -0.15) is 0 Å². The predicted octanol–water partition coefficient (Wildman–Crippen LogP) is 2.32. The number of carboxylic acid groups (broad SMARTS) is 1. The summed E-state index contributed by atoms with van der Waals surface area (Å²) in [5.74, 6) is -1.32. The molecular formula is C14H13N3O4. The summed E-state index contributed by atoms with van der Waals surface area (Å²) in [4.78, 5) is 27.2. The zero-order chi connectivity index (χ0) is 15.4. The molecule has 2 aromatic rings. The number of rotatable bonds is 5. The molecule has 1 N–H and O–H groups in total. The molecule has 0 amide bonds. The number of aromatic carboxylic acids is 1. The topological polar surface area (TPSA) is 96.6 Å². The Morgan fingerprint density at radius 2 is 2.14 bits per heavy atom. The Balaban J connectivity index is 2.30. The van der Waals surface area contributed by atoms with E-state index in [0.29, 0.717) is 12.2 Å². The average Bonchev–Trinajstić information content (AvgIpc) is 2.47. The monoisotopic (exact) mass is 287 g/mol. The van der Waals surface area contributed by atoms with Crippen molar-refractivity contribution in [3.05, 3.63) is 64.0 Å². The lowest BCUT2D eigenvalue weighted by atomic mass is 10.1. The van der Waals surface area contributed by atoms with Crippen molar-refractivity contribution in [1.82, 2.24) is 4.98 Å². The van der Waals surface area contributed by atoms with Crippen LogP contribution in [-0.2, 0) is 6.54 Å². The third kappa shape index (κ3) is 3.33. The van der Waals surface area contributed by atoms with Crippen molar-refractivity contribution in [2.75, 3.05) is 11.9 Å². The molecule has 0 fully saturated rings. The first-order chi connectivity index (χ1) is 9.99. The van der Waals surface area contributed by atoms with Gasteiger partial charge >= 0.3 is 5.97 Å². The highest BCUT2D eigenvalue weighted by Gasteiger charge is 2.20. The number of pyridine rings is 1. The summed E-state index contributed by atoms with van der Waals surface area (Å²) in [6, 6.07) is 9.53. The molecule has 1 aromatic heterocycles. The van der Waals surface area contributed by atoms with Crippen molar-refractivity contribution in [3.8, 4) is 0 Å². The van der Waals surface area contributed by atoms with Gasteiger partial charge in [0, 0.05) is 25.0 Å². The SMILES string of the molecule is CN(Cc1ccccn1)c1ccc([N+](=O)[O-])c(C(=O)O)c1. The first kappa shape index (κ1) is 14.4. The van der Waals surface area contributed by atoms with Gasteiger partial charge in [0.2, 0.25) is 0 Å². The van der Waals surface area contributed by atoms with Gasteiger partial charge in [-0.05, 0) is 24.3 Å². The van der Waals surface area contributed by atoms with E-state index in [1.54, 1.807) is 24.2 Å². The van der Waals surface area contributed by atoms with Gasteiger partial charge in [0.15, 0.2) is 0 Å². The van der Waals surface area contributed by atoms with Crippen LogP contribution in [0.4, 0.5) is 11.4 Å². The summed E-state index contributed by atoms with van der Waals surface area (Å²) in [6.07, 6.45) is 1.67. The van der Waals surface area contributed by atoms with Gasteiger partial charge in [0.1, 0.15) is 5.56 Å². The summed E-state index contributed by atoms with van der Waals surface area (Å²) in [6.45, 7) is 0.470.